The average molecular weight is 236 g/mol. The van der Waals surface area contributed by atoms with Crippen molar-refractivity contribution in [3.8, 4) is 0 Å². The van der Waals surface area contributed by atoms with E-state index in [2.05, 4.69) is 22.8 Å². The van der Waals surface area contributed by atoms with E-state index in [0.717, 1.165) is 19.3 Å². The predicted molar refractivity (Wildman–Crippen MR) is 65.3 cm³/mol. The topological polar surface area (TPSA) is 58.2 Å². The van der Waals surface area contributed by atoms with E-state index in [4.69, 9.17) is 0 Å². The Bertz CT molecular complexity index is 351. The zero-order valence-corrected chi connectivity index (χ0v) is 10.3. The van der Waals surface area contributed by atoms with Gasteiger partial charge in [0.25, 0.3) is 0 Å². The molecule has 0 bridgehead atoms. The van der Waals surface area contributed by atoms with Gasteiger partial charge < -0.3 is 10.6 Å². The van der Waals surface area contributed by atoms with Gasteiger partial charge in [-0.1, -0.05) is 12.2 Å². The monoisotopic (exact) mass is 236 g/mol. The smallest absolute Gasteiger partial charge is 0.220 e. The lowest BCUT2D eigenvalue weighted by atomic mass is 10.00. The molecule has 0 aromatic carbocycles. The molecule has 2 atom stereocenters. The molecule has 2 amide bonds. The first kappa shape index (κ1) is 12.1. The molecule has 1 heterocycles. The first-order valence-corrected chi connectivity index (χ1v) is 6.32. The van der Waals surface area contributed by atoms with Crippen LogP contribution in [0.3, 0.4) is 0 Å². The van der Waals surface area contributed by atoms with E-state index in [9.17, 15) is 9.59 Å². The van der Waals surface area contributed by atoms with Gasteiger partial charge in [0.2, 0.25) is 11.8 Å². The number of hydrogen-bond acceptors (Lipinski definition) is 2. The van der Waals surface area contributed by atoms with Gasteiger partial charge in [-0.05, 0) is 32.1 Å². The van der Waals surface area contributed by atoms with Gasteiger partial charge in [0.15, 0.2) is 0 Å². The van der Waals surface area contributed by atoms with E-state index < -0.39 is 0 Å². The van der Waals surface area contributed by atoms with Crippen molar-refractivity contribution in [1.29, 1.82) is 0 Å². The Kier molecular flexibility index (Phi) is 3.50. The van der Waals surface area contributed by atoms with Crippen LogP contribution in [0.5, 0.6) is 0 Å². The van der Waals surface area contributed by atoms with Crippen LogP contribution in [0.1, 0.15) is 39.0 Å². The molecule has 2 aliphatic rings. The lowest BCUT2D eigenvalue weighted by Crippen LogP contribution is -2.48. The second-order valence-electron chi connectivity index (χ2n) is 5.36. The fraction of sp³-hybridized carbons (Fsp3) is 0.692. The van der Waals surface area contributed by atoms with Crippen molar-refractivity contribution in [1.82, 2.24) is 10.6 Å². The maximum absolute atomic E-state index is 11.7. The number of carbonyl (C=O) groups is 2. The van der Waals surface area contributed by atoms with E-state index in [0.29, 0.717) is 25.3 Å². The molecule has 0 aromatic rings. The quantitative estimate of drug-likeness (QED) is 0.719. The molecule has 94 valence electrons. The summed E-state index contributed by atoms with van der Waals surface area (Å²) < 4.78 is 0. The molecule has 0 spiro atoms. The van der Waals surface area contributed by atoms with Crippen molar-refractivity contribution in [2.45, 2.75) is 44.6 Å². The van der Waals surface area contributed by atoms with Gasteiger partial charge in [0.05, 0.1) is 5.54 Å². The Hall–Kier alpha value is -1.32. The third-order valence-corrected chi connectivity index (χ3v) is 3.58. The summed E-state index contributed by atoms with van der Waals surface area (Å²) in [5, 5.41) is 5.84. The van der Waals surface area contributed by atoms with E-state index in [-0.39, 0.29) is 17.4 Å². The summed E-state index contributed by atoms with van der Waals surface area (Å²) in [7, 11) is 0. The van der Waals surface area contributed by atoms with E-state index >= 15 is 0 Å². The summed E-state index contributed by atoms with van der Waals surface area (Å²) in [6, 6.07) is 0. The zero-order chi connectivity index (χ0) is 12.3. The summed E-state index contributed by atoms with van der Waals surface area (Å²) in [5.74, 6) is 0.574. The van der Waals surface area contributed by atoms with E-state index in [1.54, 1.807) is 0 Å². The second kappa shape index (κ2) is 4.90. The van der Waals surface area contributed by atoms with Crippen LogP contribution in [0.25, 0.3) is 0 Å². The number of amides is 2. The maximum atomic E-state index is 11.7. The molecule has 1 aliphatic heterocycles. The zero-order valence-electron chi connectivity index (χ0n) is 10.3. The first-order valence-electron chi connectivity index (χ1n) is 6.32. The molecule has 17 heavy (non-hydrogen) atoms. The predicted octanol–water partition coefficient (Wildman–Crippen LogP) is 1.13. The highest BCUT2D eigenvalue weighted by Gasteiger charge is 2.33. The van der Waals surface area contributed by atoms with Crippen molar-refractivity contribution in [3.05, 3.63) is 12.2 Å². The number of carbonyl (C=O) groups excluding carboxylic acids is 2. The Balaban J connectivity index is 1.72. The molecular weight excluding hydrogens is 216 g/mol. The maximum Gasteiger partial charge on any atom is 0.220 e. The van der Waals surface area contributed by atoms with Gasteiger partial charge in [0.1, 0.15) is 0 Å². The Morgan fingerprint density at radius 3 is 3.06 bits per heavy atom. The Labute approximate surface area is 102 Å². The number of allylic oxidation sites excluding steroid dienone is 2. The highest BCUT2D eigenvalue weighted by atomic mass is 16.2. The van der Waals surface area contributed by atoms with Crippen molar-refractivity contribution < 1.29 is 9.59 Å². The SMILES string of the molecule is CC1(CNC(=O)CC2C=CCC2)CCC(=O)N1. The van der Waals surface area contributed by atoms with Gasteiger partial charge in [-0.25, -0.2) is 0 Å². The fourth-order valence-electron chi connectivity index (χ4n) is 2.45. The minimum atomic E-state index is -0.252. The van der Waals surface area contributed by atoms with Gasteiger partial charge in [-0.3, -0.25) is 9.59 Å². The molecular formula is C13H20N2O2. The van der Waals surface area contributed by atoms with Crippen LogP contribution in [-0.4, -0.2) is 23.9 Å². The number of nitrogens with one attached hydrogen (secondary N) is 2. The molecule has 2 rings (SSSR count). The summed E-state index contributed by atoms with van der Waals surface area (Å²) in [4.78, 5) is 22.9. The standard InChI is InChI=1S/C13H20N2O2/c1-13(7-6-11(16)15-13)9-14-12(17)8-10-4-2-3-5-10/h2,4,10H,3,5-9H2,1H3,(H,14,17)(H,15,16). The van der Waals surface area contributed by atoms with Crippen LogP contribution in [0.4, 0.5) is 0 Å². The van der Waals surface area contributed by atoms with Crippen LogP contribution in [-0.2, 0) is 9.59 Å². The molecule has 0 radical (unpaired) electrons. The third kappa shape index (κ3) is 3.32. The summed E-state index contributed by atoms with van der Waals surface area (Å²) >= 11 is 0. The Morgan fingerprint density at radius 1 is 1.65 bits per heavy atom. The van der Waals surface area contributed by atoms with Crippen molar-refractivity contribution >= 4 is 11.8 Å². The normalized spacial score (nSPS) is 31.6. The van der Waals surface area contributed by atoms with Crippen LogP contribution < -0.4 is 10.6 Å². The van der Waals surface area contributed by atoms with Gasteiger partial charge in [-0.2, -0.15) is 0 Å². The summed E-state index contributed by atoms with van der Waals surface area (Å²) in [6.07, 6.45) is 8.37. The summed E-state index contributed by atoms with van der Waals surface area (Å²) in [5.41, 5.74) is -0.252. The largest absolute Gasteiger partial charge is 0.354 e. The van der Waals surface area contributed by atoms with Crippen LogP contribution >= 0.6 is 0 Å². The third-order valence-electron chi connectivity index (χ3n) is 3.58. The fourth-order valence-corrected chi connectivity index (χ4v) is 2.45. The first-order chi connectivity index (χ1) is 8.07. The van der Waals surface area contributed by atoms with Gasteiger partial charge in [-0.15, -0.1) is 0 Å². The lowest BCUT2D eigenvalue weighted by Gasteiger charge is -2.24. The van der Waals surface area contributed by atoms with Crippen LogP contribution in [0.2, 0.25) is 0 Å². The lowest BCUT2D eigenvalue weighted by molar-refractivity contribution is -0.123. The van der Waals surface area contributed by atoms with Crippen LogP contribution in [0.15, 0.2) is 12.2 Å². The molecule has 2 unspecified atom stereocenters. The van der Waals surface area contributed by atoms with Crippen molar-refractivity contribution in [3.63, 3.8) is 0 Å². The number of rotatable bonds is 4. The highest BCUT2D eigenvalue weighted by molar-refractivity contribution is 5.80. The molecule has 1 saturated heterocycles. The number of hydrogen-bond donors (Lipinski definition) is 2. The van der Waals surface area contributed by atoms with Crippen molar-refractivity contribution in [2.24, 2.45) is 5.92 Å². The van der Waals surface area contributed by atoms with E-state index in [1.165, 1.54) is 0 Å². The average Bonchev–Trinajstić information content (AvgIpc) is 2.87. The van der Waals surface area contributed by atoms with Gasteiger partial charge >= 0.3 is 0 Å². The van der Waals surface area contributed by atoms with Gasteiger partial charge in [0, 0.05) is 19.4 Å². The molecule has 1 fully saturated rings. The minimum absolute atomic E-state index is 0.0838. The van der Waals surface area contributed by atoms with Crippen molar-refractivity contribution in [2.75, 3.05) is 6.54 Å². The molecule has 2 N–H and O–H groups in total. The minimum Gasteiger partial charge on any atom is -0.354 e. The second-order valence-corrected chi connectivity index (χ2v) is 5.36. The Morgan fingerprint density at radius 2 is 2.47 bits per heavy atom. The van der Waals surface area contributed by atoms with Crippen LogP contribution in [0, 0.1) is 5.92 Å². The molecule has 1 aliphatic carbocycles. The molecule has 4 heteroatoms. The molecule has 4 nitrogen and oxygen atoms in total. The molecule has 0 aromatic heterocycles. The highest BCUT2D eigenvalue weighted by Crippen LogP contribution is 2.21. The molecule has 0 saturated carbocycles. The summed E-state index contributed by atoms with van der Waals surface area (Å²) in [6.45, 7) is 2.52. The van der Waals surface area contributed by atoms with E-state index in [1.807, 2.05) is 6.92 Å².